The van der Waals surface area contributed by atoms with Crippen molar-refractivity contribution in [1.29, 1.82) is 0 Å². The van der Waals surface area contributed by atoms with Crippen LogP contribution in [0.3, 0.4) is 0 Å². The molecule has 7 rings (SSSR count). The van der Waals surface area contributed by atoms with Gasteiger partial charge in [-0.3, -0.25) is 4.79 Å². The summed E-state index contributed by atoms with van der Waals surface area (Å²) in [4.78, 5) is 30.6. The van der Waals surface area contributed by atoms with Crippen LogP contribution in [0.1, 0.15) is 53.6 Å². The van der Waals surface area contributed by atoms with E-state index in [2.05, 4.69) is 0 Å². The predicted molar refractivity (Wildman–Crippen MR) is 116 cm³/mol. The lowest BCUT2D eigenvalue weighted by molar-refractivity contribution is -0.286. The Kier molecular flexibility index (Phi) is 3.77. The summed E-state index contributed by atoms with van der Waals surface area (Å²) in [6.07, 6.45) is -2.84. The maximum atomic E-state index is 13.9. The fraction of sp³-hybridized carbons (Fsp3) is 0.375. The van der Waals surface area contributed by atoms with Crippen molar-refractivity contribution in [2.75, 3.05) is 0 Å². The van der Waals surface area contributed by atoms with E-state index in [1.54, 1.807) is 13.0 Å². The fourth-order valence-corrected chi connectivity index (χ4v) is 5.86. The van der Waals surface area contributed by atoms with Gasteiger partial charge in [-0.05, 0) is 30.9 Å². The molecule has 0 bridgehead atoms. The smallest absolute Gasteiger partial charge is 0.458 e. The molecule has 35 heavy (non-hydrogen) atoms. The van der Waals surface area contributed by atoms with Gasteiger partial charge in [0.1, 0.15) is 6.61 Å². The van der Waals surface area contributed by atoms with Crippen LogP contribution in [-0.2, 0) is 34.7 Å². The number of hydrogen-bond donors (Lipinski definition) is 2. The van der Waals surface area contributed by atoms with Crippen molar-refractivity contribution >= 4 is 16.9 Å². The van der Waals surface area contributed by atoms with E-state index < -0.39 is 23.9 Å². The minimum Gasteiger partial charge on any atom is -0.458 e. The quantitative estimate of drug-likeness (QED) is 0.395. The zero-order valence-electron chi connectivity index (χ0n) is 18.5. The molecule has 3 aromatic rings. The number of alkyl halides is 2. The van der Waals surface area contributed by atoms with Crippen LogP contribution in [0, 0.1) is 0 Å². The number of pyridine rings is 2. The van der Waals surface area contributed by atoms with Crippen molar-refractivity contribution < 1.29 is 32.9 Å². The molecule has 3 aliphatic heterocycles. The van der Waals surface area contributed by atoms with E-state index in [-0.39, 0.29) is 47.8 Å². The Bertz CT molecular complexity index is 1580. The molecule has 1 aliphatic carbocycles. The van der Waals surface area contributed by atoms with Gasteiger partial charge >= 0.3 is 12.3 Å². The summed E-state index contributed by atoms with van der Waals surface area (Å²) >= 11 is 0. The van der Waals surface area contributed by atoms with E-state index in [9.17, 15) is 23.5 Å². The lowest BCUT2D eigenvalue weighted by Gasteiger charge is -2.31. The third-order valence-corrected chi connectivity index (χ3v) is 7.56. The number of nitrogens with two attached hydrogens (primary N) is 1. The van der Waals surface area contributed by atoms with E-state index >= 15 is 0 Å². The number of carbonyl (C=O) groups excluding carboxylic acids is 1. The average Bonchev–Trinajstić information content (AvgIpc) is 3.34. The molecular weight excluding hydrogens is 464 g/mol. The number of fused-ring (bicyclic) bond motifs is 7. The van der Waals surface area contributed by atoms with Gasteiger partial charge in [-0.25, -0.2) is 9.78 Å². The Hall–Kier alpha value is -3.57. The molecule has 180 valence electrons. The number of benzene rings is 1. The molecule has 11 heteroatoms. The van der Waals surface area contributed by atoms with Gasteiger partial charge in [0.2, 0.25) is 0 Å². The molecule has 3 N–H and O–H groups in total. The van der Waals surface area contributed by atoms with Gasteiger partial charge in [0.25, 0.3) is 5.56 Å². The molecule has 0 unspecified atom stereocenters. The minimum absolute atomic E-state index is 0.00999. The van der Waals surface area contributed by atoms with E-state index in [4.69, 9.17) is 24.9 Å². The topological polar surface area (TPSA) is 126 Å². The number of ether oxygens (including phenoxy) is 3. The van der Waals surface area contributed by atoms with E-state index in [0.29, 0.717) is 46.3 Å². The van der Waals surface area contributed by atoms with Crippen molar-refractivity contribution in [3.63, 3.8) is 0 Å². The summed E-state index contributed by atoms with van der Waals surface area (Å²) < 4.78 is 43.9. The highest BCUT2D eigenvalue weighted by molar-refractivity contribution is 5.95. The maximum absolute atomic E-state index is 13.9. The Morgan fingerprint density at radius 2 is 2.03 bits per heavy atom. The first-order valence-electron chi connectivity index (χ1n) is 11.3. The minimum atomic E-state index is -3.77. The molecule has 1 aromatic carbocycles. The molecule has 2 aromatic heterocycles. The highest BCUT2D eigenvalue weighted by Gasteiger charge is 2.48. The first-order valence-corrected chi connectivity index (χ1v) is 11.3. The Labute approximate surface area is 196 Å². The number of aliphatic hydroxyl groups is 1. The number of aryl methyl sites for hydroxylation is 1. The van der Waals surface area contributed by atoms with Gasteiger partial charge in [0.05, 0.1) is 29.0 Å². The highest BCUT2D eigenvalue weighted by Crippen LogP contribution is 2.52. The monoisotopic (exact) mass is 483 g/mol. The highest BCUT2D eigenvalue weighted by atomic mass is 19.3. The van der Waals surface area contributed by atoms with Gasteiger partial charge in [0.15, 0.2) is 17.1 Å². The molecule has 5 heterocycles. The van der Waals surface area contributed by atoms with Crippen molar-refractivity contribution in [1.82, 2.24) is 9.55 Å². The summed E-state index contributed by atoms with van der Waals surface area (Å²) in [6, 6.07) is 2.60. The lowest BCUT2D eigenvalue weighted by atomic mass is 9.83. The maximum Gasteiger partial charge on any atom is 0.586 e. The van der Waals surface area contributed by atoms with Crippen LogP contribution in [0.15, 0.2) is 16.9 Å². The fourth-order valence-electron chi connectivity index (χ4n) is 5.86. The summed E-state index contributed by atoms with van der Waals surface area (Å²) in [5.41, 5.74) is 7.88. The van der Waals surface area contributed by atoms with Crippen LogP contribution in [0.4, 0.5) is 8.78 Å². The Morgan fingerprint density at radius 3 is 2.80 bits per heavy atom. The van der Waals surface area contributed by atoms with Crippen molar-refractivity contribution in [3.05, 3.63) is 50.3 Å². The van der Waals surface area contributed by atoms with Gasteiger partial charge in [-0.2, -0.15) is 0 Å². The summed E-state index contributed by atoms with van der Waals surface area (Å²) in [5, 5.41) is 11.7. The third kappa shape index (κ3) is 2.49. The molecular formula is C24H19F2N3O6. The predicted octanol–water partition coefficient (Wildman–Crippen LogP) is 2.35. The van der Waals surface area contributed by atoms with Gasteiger partial charge in [0, 0.05) is 34.2 Å². The van der Waals surface area contributed by atoms with Crippen LogP contribution in [-0.4, -0.2) is 26.9 Å². The molecule has 0 saturated heterocycles. The lowest BCUT2D eigenvalue weighted by Crippen LogP contribution is -2.44. The molecule has 4 aliphatic rings. The second kappa shape index (κ2) is 6.35. The Morgan fingerprint density at radius 1 is 1.23 bits per heavy atom. The first kappa shape index (κ1) is 20.8. The molecule has 9 nitrogen and oxygen atoms in total. The second-order valence-corrected chi connectivity index (χ2v) is 9.34. The van der Waals surface area contributed by atoms with Crippen molar-refractivity contribution in [2.45, 2.75) is 57.3 Å². The number of nitrogens with zero attached hydrogens (tertiary/aromatic N) is 2. The number of rotatable bonds is 1. The van der Waals surface area contributed by atoms with E-state index in [1.165, 1.54) is 10.6 Å². The molecule has 0 fully saturated rings. The largest absolute Gasteiger partial charge is 0.586 e. The third-order valence-electron chi connectivity index (χ3n) is 7.56. The summed E-state index contributed by atoms with van der Waals surface area (Å²) in [6.45, 7) is 1.57. The number of halogens is 2. The molecule has 0 amide bonds. The normalized spacial score (nSPS) is 24.7. The number of hydrogen-bond acceptors (Lipinski definition) is 8. The average molecular weight is 483 g/mol. The van der Waals surface area contributed by atoms with Crippen LogP contribution in [0.2, 0.25) is 0 Å². The zero-order chi connectivity index (χ0) is 24.4. The van der Waals surface area contributed by atoms with Gasteiger partial charge in [-0.15, -0.1) is 8.78 Å². The number of aromatic nitrogens is 2. The zero-order valence-corrected chi connectivity index (χ0v) is 18.5. The molecule has 2 atom stereocenters. The SMILES string of the molecule is CC[C@@]1(O)C(=O)OCc2c1cc1n(c2=O)Cc2c-1nc1cc3c(c4c1c2[C@@H](N)CC4)OC(F)(F)O3. The number of cyclic esters (lactones) is 1. The first-order chi connectivity index (χ1) is 16.6. The number of esters is 1. The van der Waals surface area contributed by atoms with Crippen LogP contribution in [0.5, 0.6) is 11.5 Å². The van der Waals surface area contributed by atoms with E-state index in [1.807, 2.05) is 0 Å². The Balaban J connectivity index is 1.53. The van der Waals surface area contributed by atoms with Crippen LogP contribution in [0.25, 0.3) is 22.3 Å². The van der Waals surface area contributed by atoms with Crippen LogP contribution >= 0.6 is 0 Å². The van der Waals surface area contributed by atoms with Crippen LogP contribution < -0.4 is 20.8 Å². The van der Waals surface area contributed by atoms with E-state index in [0.717, 1.165) is 5.56 Å². The molecule has 0 radical (unpaired) electrons. The molecule has 0 spiro atoms. The standard InChI is InChI=1S/C24H19F2N3O6/c1-2-23(32)12-5-15-19-10(7-29(15)21(30)11(12)8-33-22(23)31)17-13(27)4-3-9-18(17)14(28-19)6-16-20(9)35-24(25,26)34-16/h5-6,13,32H,2-4,7-8,27H2,1H3/t13-,23-/m0/s1. The van der Waals surface area contributed by atoms with Gasteiger partial charge in [-0.1, -0.05) is 6.92 Å². The van der Waals surface area contributed by atoms with Crippen molar-refractivity contribution in [3.8, 4) is 22.9 Å². The number of carbonyl (C=O) groups is 1. The second-order valence-electron chi connectivity index (χ2n) is 9.34. The molecule has 0 saturated carbocycles. The van der Waals surface area contributed by atoms with Gasteiger partial charge < -0.3 is 29.6 Å². The van der Waals surface area contributed by atoms with Crippen molar-refractivity contribution in [2.24, 2.45) is 5.73 Å². The summed E-state index contributed by atoms with van der Waals surface area (Å²) in [7, 11) is 0. The summed E-state index contributed by atoms with van der Waals surface area (Å²) in [5.74, 6) is -0.920.